The summed E-state index contributed by atoms with van der Waals surface area (Å²) in [4.78, 5) is 1.77. The molecule has 0 aromatic heterocycles. The maximum absolute atomic E-state index is 12.9. The van der Waals surface area contributed by atoms with Crippen LogP contribution in [0.1, 0.15) is 0 Å². The topological polar surface area (TPSA) is 49.4 Å². The van der Waals surface area contributed by atoms with Crippen molar-refractivity contribution in [1.82, 2.24) is 5.32 Å². The van der Waals surface area contributed by atoms with Crippen LogP contribution in [0.25, 0.3) is 0 Å². The highest BCUT2D eigenvalue weighted by molar-refractivity contribution is 7.91. The normalized spacial score (nSPS) is 29.2. The van der Waals surface area contributed by atoms with E-state index in [1.165, 1.54) is 12.1 Å². The first-order valence-electron chi connectivity index (χ1n) is 5.52. The van der Waals surface area contributed by atoms with Crippen LogP contribution in [0.4, 0.5) is 10.1 Å². The van der Waals surface area contributed by atoms with Crippen molar-refractivity contribution in [2.45, 2.75) is 12.1 Å². The molecule has 0 unspecified atom stereocenters. The Labute approximate surface area is 110 Å². The minimum Gasteiger partial charge on any atom is -0.356 e. The van der Waals surface area contributed by atoms with Gasteiger partial charge in [-0.15, -0.1) is 0 Å². The highest BCUT2D eigenvalue weighted by Crippen LogP contribution is 2.29. The fourth-order valence-corrected chi connectivity index (χ4v) is 4.79. The molecule has 2 fully saturated rings. The van der Waals surface area contributed by atoms with Gasteiger partial charge in [0.15, 0.2) is 14.9 Å². The number of hydrogen-bond donors (Lipinski definition) is 1. The predicted octanol–water partition coefficient (Wildman–Crippen LogP) is 0.686. The molecule has 2 heterocycles. The zero-order valence-corrected chi connectivity index (χ0v) is 11.0. The largest absolute Gasteiger partial charge is 0.356 e. The summed E-state index contributed by atoms with van der Waals surface area (Å²) < 4.78 is 36.1. The van der Waals surface area contributed by atoms with Crippen molar-refractivity contribution in [2.75, 3.05) is 16.4 Å². The zero-order chi connectivity index (χ0) is 12.9. The van der Waals surface area contributed by atoms with Crippen molar-refractivity contribution in [3.8, 4) is 0 Å². The van der Waals surface area contributed by atoms with Gasteiger partial charge in [-0.1, -0.05) is 0 Å². The molecule has 0 saturated carbocycles. The molecule has 1 N–H and O–H groups in total. The summed E-state index contributed by atoms with van der Waals surface area (Å²) in [6.45, 7) is 0. The van der Waals surface area contributed by atoms with E-state index in [4.69, 9.17) is 12.2 Å². The summed E-state index contributed by atoms with van der Waals surface area (Å²) >= 11 is 5.21. The first-order valence-corrected chi connectivity index (χ1v) is 7.75. The lowest BCUT2D eigenvalue weighted by Crippen LogP contribution is -2.36. The van der Waals surface area contributed by atoms with Gasteiger partial charge in [-0.25, -0.2) is 12.8 Å². The number of thiocarbonyl (C=S) groups is 1. The Balaban J connectivity index is 1.96. The van der Waals surface area contributed by atoms with Gasteiger partial charge in [-0.3, -0.25) is 0 Å². The van der Waals surface area contributed by atoms with E-state index in [0.29, 0.717) is 5.11 Å². The Bertz CT molecular complexity index is 600. The van der Waals surface area contributed by atoms with E-state index in [2.05, 4.69) is 5.32 Å². The van der Waals surface area contributed by atoms with E-state index < -0.39 is 9.84 Å². The molecular formula is C11H11FN2O2S2. The van der Waals surface area contributed by atoms with Crippen LogP contribution in [-0.4, -0.2) is 37.1 Å². The first-order chi connectivity index (χ1) is 8.46. The second-order valence-electron chi connectivity index (χ2n) is 4.55. The average molecular weight is 286 g/mol. The maximum Gasteiger partial charge on any atom is 0.174 e. The minimum absolute atomic E-state index is 0.0855. The molecule has 96 valence electrons. The quantitative estimate of drug-likeness (QED) is 0.770. The number of benzene rings is 1. The van der Waals surface area contributed by atoms with Crippen LogP contribution < -0.4 is 10.2 Å². The third-order valence-corrected chi connectivity index (χ3v) is 5.32. The van der Waals surface area contributed by atoms with Gasteiger partial charge in [0.05, 0.1) is 23.6 Å². The van der Waals surface area contributed by atoms with Crippen molar-refractivity contribution in [2.24, 2.45) is 0 Å². The zero-order valence-electron chi connectivity index (χ0n) is 9.34. The fraction of sp³-hybridized carbons (Fsp3) is 0.364. The third-order valence-electron chi connectivity index (χ3n) is 3.29. The van der Waals surface area contributed by atoms with Gasteiger partial charge >= 0.3 is 0 Å². The lowest BCUT2D eigenvalue weighted by atomic mass is 10.1. The molecule has 0 bridgehead atoms. The standard InChI is InChI=1S/C11H11FN2O2S2/c12-7-1-3-8(4-2-7)14-10-6-18(15,16)5-9(10)13-11(14)17/h1-4,9-10H,5-6H2,(H,13,17)/t9-,10+/m0/s1. The molecule has 2 aliphatic rings. The molecule has 0 aliphatic carbocycles. The first kappa shape index (κ1) is 11.9. The summed E-state index contributed by atoms with van der Waals surface area (Å²) in [5.74, 6) is -0.134. The third kappa shape index (κ3) is 1.87. The number of nitrogens with zero attached hydrogens (tertiary/aromatic N) is 1. The van der Waals surface area contributed by atoms with E-state index >= 15 is 0 Å². The Morgan fingerprint density at radius 1 is 1.28 bits per heavy atom. The van der Waals surface area contributed by atoms with Crippen LogP contribution in [0.15, 0.2) is 24.3 Å². The molecule has 0 amide bonds. The highest BCUT2D eigenvalue weighted by Gasteiger charge is 2.47. The van der Waals surface area contributed by atoms with Crippen LogP contribution in [0, 0.1) is 5.82 Å². The lowest BCUT2D eigenvalue weighted by Gasteiger charge is -2.23. The minimum atomic E-state index is -3.02. The molecule has 4 nitrogen and oxygen atoms in total. The second-order valence-corrected chi connectivity index (χ2v) is 7.09. The molecule has 2 aliphatic heterocycles. The van der Waals surface area contributed by atoms with E-state index in [1.807, 2.05) is 0 Å². The molecule has 7 heteroatoms. The van der Waals surface area contributed by atoms with E-state index in [-0.39, 0.29) is 29.4 Å². The summed E-state index contributed by atoms with van der Waals surface area (Å²) in [5, 5.41) is 3.53. The predicted molar refractivity (Wildman–Crippen MR) is 70.8 cm³/mol. The number of fused-ring (bicyclic) bond motifs is 1. The van der Waals surface area contributed by atoms with Gasteiger partial charge in [-0.05, 0) is 36.5 Å². The summed E-state index contributed by atoms with van der Waals surface area (Å²) in [6, 6.07) is 5.55. The summed E-state index contributed by atoms with van der Waals surface area (Å²) in [6.07, 6.45) is 0. The Hall–Kier alpha value is -1.21. The van der Waals surface area contributed by atoms with Crippen molar-refractivity contribution < 1.29 is 12.8 Å². The molecule has 2 atom stereocenters. The van der Waals surface area contributed by atoms with Crippen LogP contribution in [0.3, 0.4) is 0 Å². The number of halogens is 1. The molecule has 2 saturated heterocycles. The number of rotatable bonds is 1. The molecule has 1 aromatic rings. The second kappa shape index (κ2) is 3.89. The Morgan fingerprint density at radius 2 is 1.94 bits per heavy atom. The molecule has 18 heavy (non-hydrogen) atoms. The van der Waals surface area contributed by atoms with Gasteiger partial charge in [0.1, 0.15) is 5.82 Å². The van der Waals surface area contributed by atoms with E-state index in [9.17, 15) is 12.8 Å². The van der Waals surface area contributed by atoms with E-state index in [1.54, 1.807) is 17.0 Å². The van der Waals surface area contributed by atoms with Gasteiger partial charge in [0, 0.05) is 5.69 Å². The SMILES string of the molecule is O=S1(=O)C[C@@H]2NC(=S)N(c3ccc(F)cc3)[C@@H]2C1. The summed E-state index contributed by atoms with van der Waals surface area (Å²) in [7, 11) is -3.02. The Morgan fingerprint density at radius 3 is 2.61 bits per heavy atom. The fourth-order valence-electron chi connectivity index (χ4n) is 2.51. The molecular weight excluding hydrogens is 275 g/mol. The maximum atomic E-state index is 12.9. The summed E-state index contributed by atoms with van der Waals surface area (Å²) in [5.41, 5.74) is 0.721. The average Bonchev–Trinajstić information content (AvgIpc) is 2.70. The van der Waals surface area contributed by atoms with Crippen LogP contribution in [-0.2, 0) is 9.84 Å². The Kier molecular flexibility index (Phi) is 2.56. The van der Waals surface area contributed by atoms with Crippen molar-refractivity contribution >= 4 is 32.9 Å². The molecule has 3 rings (SSSR count). The van der Waals surface area contributed by atoms with Gasteiger partial charge in [-0.2, -0.15) is 0 Å². The van der Waals surface area contributed by atoms with Crippen molar-refractivity contribution in [3.63, 3.8) is 0 Å². The van der Waals surface area contributed by atoms with Gasteiger partial charge in [0.25, 0.3) is 0 Å². The molecule has 0 radical (unpaired) electrons. The molecule has 1 aromatic carbocycles. The smallest absolute Gasteiger partial charge is 0.174 e. The lowest BCUT2D eigenvalue weighted by molar-refractivity contribution is 0.600. The monoisotopic (exact) mass is 286 g/mol. The van der Waals surface area contributed by atoms with Crippen molar-refractivity contribution in [3.05, 3.63) is 30.1 Å². The van der Waals surface area contributed by atoms with Crippen molar-refractivity contribution in [1.29, 1.82) is 0 Å². The van der Waals surface area contributed by atoms with Crippen LogP contribution >= 0.6 is 12.2 Å². The number of nitrogens with one attached hydrogen (secondary N) is 1. The molecule has 0 spiro atoms. The van der Waals surface area contributed by atoms with Crippen LogP contribution in [0.2, 0.25) is 0 Å². The highest BCUT2D eigenvalue weighted by atomic mass is 32.2. The number of sulfone groups is 1. The van der Waals surface area contributed by atoms with Crippen LogP contribution in [0.5, 0.6) is 0 Å². The van der Waals surface area contributed by atoms with Gasteiger partial charge < -0.3 is 10.2 Å². The number of anilines is 1. The van der Waals surface area contributed by atoms with Gasteiger partial charge in [0.2, 0.25) is 0 Å². The van der Waals surface area contributed by atoms with E-state index in [0.717, 1.165) is 5.69 Å². The number of hydrogen-bond acceptors (Lipinski definition) is 3.